The fourth-order valence-corrected chi connectivity index (χ4v) is 2.16. The summed E-state index contributed by atoms with van der Waals surface area (Å²) in [6, 6.07) is 13.9. The molecule has 0 atom stereocenters. The van der Waals surface area contributed by atoms with E-state index in [1.165, 1.54) is 0 Å². The number of anilines is 1. The zero-order valence-electron chi connectivity index (χ0n) is 12.3. The first-order chi connectivity index (χ1) is 11.6. The molecule has 3 rings (SSSR count). The Morgan fingerprint density at radius 3 is 2.33 bits per heavy atom. The van der Waals surface area contributed by atoms with Gasteiger partial charge in [0.25, 0.3) is 0 Å². The van der Waals surface area contributed by atoms with Crippen LogP contribution in [0, 0.1) is 0 Å². The quantitative estimate of drug-likeness (QED) is 0.750. The average Bonchev–Trinajstić information content (AvgIpc) is 3.05. The number of rotatable bonds is 4. The molecule has 2 aromatic carbocycles. The van der Waals surface area contributed by atoms with Crippen molar-refractivity contribution in [3.05, 3.63) is 70.5 Å². The molecule has 1 heterocycles. The fourth-order valence-electron chi connectivity index (χ4n) is 1.91. The Balaban J connectivity index is 1.56. The fraction of sp³-hybridized carbons (Fsp3) is 0.0625. The largest absolute Gasteiger partial charge is 0.443 e. The first kappa shape index (κ1) is 16.3. The van der Waals surface area contributed by atoms with Crippen LogP contribution >= 0.6 is 23.2 Å². The molecule has 122 valence electrons. The highest BCUT2D eigenvalue weighted by atomic mass is 35.5. The maximum atomic E-state index is 11.7. The number of amides is 1. The van der Waals surface area contributed by atoms with E-state index in [0.717, 1.165) is 5.69 Å². The van der Waals surface area contributed by atoms with Gasteiger partial charge >= 0.3 is 6.09 Å². The SMILES string of the molecule is O=C(Nc1ccc(Cl)cc1)OCc1cn(-c2ccc(Cl)cc2)nn1. The third kappa shape index (κ3) is 4.24. The summed E-state index contributed by atoms with van der Waals surface area (Å²) < 4.78 is 6.69. The topological polar surface area (TPSA) is 69.0 Å². The number of carbonyl (C=O) groups is 1. The second-order valence-corrected chi connectivity index (χ2v) is 5.71. The van der Waals surface area contributed by atoms with Gasteiger partial charge in [-0.15, -0.1) is 5.10 Å². The maximum absolute atomic E-state index is 11.7. The lowest BCUT2D eigenvalue weighted by molar-refractivity contribution is 0.153. The van der Waals surface area contributed by atoms with Gasteiger partial charge in [-0.3, -0.25) is 5.32 Å². The molecule has 0 aliphatic heterocycles. The Morgan fingerprint density at radius 1 is 1.04 bits per heavy atom. The van der Waals surface area contributed by atoms with E-state index in [4.69, 9.17) is 27.9 Å². The number of hydrogen-bond acceptors (Lipinski definition) is 4. The minimum absolute atomic E-state index is 0.00696. The minimum atomic E-state index is -0.585. The lowest BCUT2D eigenvalue weighted by Crippen LogP contribution is -2.13. The standard InChI is InChI=1S/C16H12Cl2N4O2/c17-11-1-5-13(6-2-11)19-16(23)24-10-14-9-22(21-20-14)15-7-3-12(18)4-8-15/h1-9H,10H2,(H,19,23). The normalized spacial score (nSPS) is 10.4. The first-order valence-corrected chi connectivity index (χ1v) is 7.72. The molecule has 0 aliphatic carbocycles. The molecule has 0 fully saturated rings. The third-order valence-corrected chi connectivity index (χ3v) is 3.58. The van der Waals surface area contributed by atoms with E-state index in [1.54, 1.807) is 47.3 Å². The molecule has 1 aromatic heterocycles. The van der Waals surface area contributed by atoms with Crippen LogP contribution in [0.2, 0.25) is 10.0 Å². The predicted octanol–water partition coefficient (Wildman–Crippen LogP) is 4.32. The Kier molecular flexibility index (Phi) is 4.98. The molecule has 0 bridgehead atoms. The van der Waals surface area contributed by atoms with E-state index in [9.17, 15) is 4.79 Å². The van der Waals surface area contributed by atoms with Crippen LogP contribution in [0.25, 0.3) is 5.69 Å². The van der Waals surface area contributed by atoms with Crippen LogP contribution in [0.5, 0.6) is 0 Å². The molecule has 0 radical (unpaired) electrons. The summed E-state index contributed by atoms with van der Waals surface area (Å²) >= 11 is 11.6. The number of hydrogen-bond donors (Lipinski definition) is 1. The van der Waals surface area contributed by atoms with Gasteiger partial charge in [-0.1, -0.05) is 28.4 Å². The van der Waals surface area contributed by atoms with Crippen LogP contribution in [0.1, 0.15) is 5.69 Å². The molecule has 1 N–H and O–H groups in total. The van der Waals surface area contributed by atoms with Gasteiger partial charge < -0.3 is 4.74 Å². The molecule has 0 unspecified atom stereocenters. The van der Waals surface area contributed by atoms with E-state index >= 15 is 0 Å². The number of halogens is 2. The Morgan fingerprint density at radius 2 is 1.67 bits per heavy atom. The van der Waals surface area contributed by atoms with Gasteiger partial charge in [0, 0.05) is 15.7 Å². The van der Waals surface area contributed by atoms with E-state index in [2.05, 4.69) is 15.6 Å². The number of aromatic nitrogens is 3. The molecule has 3 aromatic rings. The molecule has 24 heavy (non-hydrogen) atoms. The van der Waals surface area contributed by atoms with Crippen molar-refractivity contribution in [3.8, 4) is 5.69 Å². The zero-order chi connectivity index (χ0) is 16.9. The van der Waals surface area contributed by atoms with Crippen LogP contribution in [-0.2, 0) is 11.3 Å². The Hall–Kier alpha value is -2.57. The average molecular weight is 363 g/mol. The van der Waals surface area contributed by atoms with Crippen molar-refractivity contribution in [1.82, 2.24) is 15.0 Å². The molecule has 0 spiro atoms. The summed E-state index contributed by atoms with van der Waals surface area (Å²) in [6.45, 7) is 0.00696. The van der Waals surface area contributed by atoms with Crippen molar-refractivity contribution < 1.29 is 9.53 Å². The molecule has 0 aliphatic rings. The van der Waals surface area contributed by atoms with Gasteiger partial charge in [-0.25, -0.2) is 9.48 Å². The summed E-state index contributed by atoms with van der Waals surface area (Å²) in [5, 5.41) is 11.8. The number of nitrogens with one attached hydrogen (secondary N) is 1. The van der Waals surface area contributed by atoms with Gasteiger partial charge in [0.1, 0.15) is 12.3 Å². The van der Waals surface area contributed by atoms with Gasteiger partial charge in [-0.05, 0) is 48.5 Å². The number of ether oxygens (including phenoxy) is 1. The highest BCUT2D eigenvalue weighted by Crippen LogP contribution is 2.14. The van der Waals surface area contributed by atoms with E-state index in [1.807, 2.05) is 12.1 Å². The molecular formula is C16H12Cl2N4O2. The highest BCUT2D eigenvalue weighted by Gasteiger charge is 2.07. The van der Waals surface area contributed by atoms with Gasteiger partial charge in [0.15, 0.2) is 0 Å². The van der Waals surface area contributed by atoms with Crippen molar-refractivity contribution in [2.45, 2.75) is 6.61 Å². The highest BCUT2D eigenvalue weighted by molar-refractivity contribution is 6.30. The number of nitrogens with zero attached hydrogens (tertiary/aromatic N) is 3. The van der Waals surface area contributed by atoms with Crippen LogP contribution in [0.4, 0.5) is 10.5 Å². The maximum Gasteiger partial charge on any atom is 0.412 e. The molecule has 8 heteroatoms. The van der Waals surface area contributed by atoms with Crippen molar-refractivity contribution in [3.63, 3.8) is 0 Å². The lowest BCUT2D eigenvalue weighted by atomic mass is 10.3. The van der Waals surface area contributed by atoms with Crippen molar-refractivity contribution >= 4 is 35.0 Å². The summed E-state index contributed by atoms with van der Waals surface area (Å²) in [5.74, 6) is 0. The summed E-state index contributed by atoms with van der Waals surface area (Å²) in [5.41, 5.74) is 1.93. The molecule has 0 saturated carbocycles. The summed E-state index contributed by atoms with van der Waals surface area (Å²) in [7, 11) is 0. The van der Waals surface area contributed by atoms with Gasteiger partial charge in [-0.2, -0.15) is 0 Å². The first-order valence-electron chi connectivity index (χ1n) is 6.97. The minimum Gasteiger partial charge on any atom is -0.443 e. The monoisotopic (exact) mass is 362 g/mol. The van der Waals surface area contributed by atoms with E-state index < -0.39 is 6.09 Å². The predicted molar refractivity (Wildman–Crippen MR) is 91.6 cm³/mol. The molecule has 1 amide bonds. The van der Waals surface area contributed by atoms with Crippen molar-refractivity contribution in [2.75, 3.05) is 5.32 Å². The summed E-state index contributed by atoms with van der Waals surface area (Å²) in [4.78, 5) is 11.7. The van der Waals surface area contributed by atoms with Crippen molar-refractivity contribution in [2.24, 2.45) is 0 Å². The molecular weight excluding hydrogens is 351 g/mol. The zero-order valence-corrected chi connectivity index (χ0v) is 13.8. The lowest BCUT2D eigenvalue weighted by Gasteiger charge is -2.05. The summed E-state index contributed by atoms with van der Waals surface area (Å²) in [6.07, 6.45) is 1.09. The molecule has 6 nitrogen and oxygen atoms in total. The number of benzene rings is 2. The van der Waals surface area contributed by atoms with Gasteiger partial charge in [0.2, 0.25) is 0 Å². The van der Waals surface area contributed by atoms with Gasteiger partial charge in [0.05, 0.1) is 11.9 Å². The second-order valence-electron chi connectivity index (χ2n) is 4.84. The Labute approximate surface area is 148 Å². The van der Waals surface area contributed by atoms with E-state index in [-0.39, 0.29) is 6.61 Å². The third-order valence-electron chi connectivity index (χ3n) is 3.07. The Bertz CT molecular complexity index is 832. The molecule has 0 saturated heterocycles. The smallest absolute Gasteiger partial charge is 0.412 e. The van der Waals surface area contributed by atoms with Crippen LogP contribution in [-0.4, -0.2) is 21.1 Å². The van der Waals surface area contributed by atoms with E-state index in [0.29, 0.717) is 21.4 Å². The number of carbonyl (C=O) groups excluding carboxylic acids is 1. The van der Waals surface area contributed by atoms with Crippen molar-refractivity contribution in [1.29, 1.82) is 0 Å². The van der Waals surface area contributed by atoms with Crippen LogP contribution in [0.3, 0.4) is 0 Å². The van der Waals surface area contributed by atoms with Crippen LogP contribution in [0.15, 0.2) is 54.7 Å². The van der Waals surface area contributed by atoms with Crippen LogP contribution < -0.4 is 5.32 Å². The second kappa shape index (κ2) is 7.33.